The van der Waals surface area contributed by atoms with Gasteiger partial charge in [-0.3, -0.25) is 0 Å². The third-order valence-electron chi connectivity index (χ3n) is 1.42. The van der Waals surface area contributed by atoms with Crippen LogP contribution in [-0.4, -0.2) is 6.69 Å². The van der Waals surface area contributed by atoms with E-state index in [-0.39, 0.29) is 0 Å². The summed E-state index contributed by atoms with van der Waals surface area (Å²) in [5, 5.41) is 0.985. The summed E-state index contributed by atoms with van der Waals surface area (Å²) in [6.45, 7) is 1.26. The summed E-state index contributed by atoms with van der Waals surface area (Å²) < 4.78 is 0. The molecule has 0 aliphatic heterocycles. The SMILES string of the molecule is C=C[Si](Cl)(Cl)c1ccccc1. The minimum Gasteiger partial charge on any atom is -0.134 e. The van der Waals surface area contributed by atoms with Crippen molar-refractivity contribution < 1.29 is 0 Å². The van der Waals surface area contributed by atoms with Gasteiger partial charge in [-0.25, -0.2) is 0 Å². The number of hydrogen-bond acceptors (Lipinski definition) is 0. The molecule has 0 aliphatic rings. The molecule has 0 aromatic heterocycles. The monoisotopic (exact) mass is 202 g/mol. The molecule has 3 heteroatoms. The summed E-state index contributed by atoms with van der Waals surface area (Å²) in [5.41, 5.74) is 1.64. The minimum atomic E-state index is -2.35. The number of rotatable bonds is 2. The smallest absolute Gasteiger partial charge is 0.134 e. The third kappa shape index (κ3) is 2.09. The van der Waals surface area contributed by atoms with Gasteiger partial charge in [0.25, 0.3) is 0 Å². The Morgan fingerprint density at radius 2 is 1.73 bits per heavy atom. The Morgan fingerprint density at radius 1 is 1.18 bits per heavy atom. The van der Waals surface area contributed by atoms with Crippen LogP contribution in [0.2, 0.25) is 0 Å². The highest BCUT2D eigenvalue weighted by Crippen LogP contribution is 2.14. The van der Waals surface area contributed by atoms with Crippen LogP contribution in [0.15, 0.2) is 42.6 Å². The second-order valence-electron chi connectivity index (χ2n) is 2.19. The molecule has 0 nitrogen and oxygen atoms in total. The molecular formula is C8H8Cl2Si. The molecule has 0 N–H and O–H groups in total. The van der Waals surface area contributed by atoms with E-state index in [1.807, 2.05) is 30.3 Å². The summed E-state index contributed by atoms with van der Waals surface area (Å²) in [4.78, 5) is 0. The van der Waals surface area contributed by atoms with Gasteiger partial charge in [0.1, 0.15) is 0 Å². The molecule has 1 aromatic rings. The van der Waals surface area contributed by atoms with Crippen LogP contribution in [0.5, 0.6) is 0 Å². The van der Waals surface area contributed by atoms with E-state index in [9.17, 15) is 0 Å². The van der Waals surface area contributed by atoms with Gasteiger partial charge in [0.05, 0.1) is 0 Å². The van der Waals surface area contributed by atoms with Crippen LogP contribution in [0.4, 0.5) is 0 Å². The summed E-state index contributed by atoms with van der Waals surface area (Å²) in [6, 6.07) is 9.63. The zero-order valence-electron chi connectivity index (χ0n) is 5.93. The lowest BCUT2D eigenvalue weighted by atomic mass is 10.4. The van der Waals surface area contributed by atoms with Crippen molar-refractivity contribution in [2.24, 2.45) is 0 Å². The molecule has 0 fully saturated rings. The second kappa shape index (κ2) is 3.44. The van der Waals surface area contributed by atoms with Crippen LogP contribution < -0.4 is 5.19 Å². The summed E-state index contributed by atoms with van der Waals surface area (Å²) in [5.74, 6) is 0. The van der Waals surface area contributed by atoms with Crippen LogP contribution in [0.3, 0.4) is 0 Å². The highest BCUT2D eigenvalue weighted by atomic mass is 35.7. The Balaban J connectivity index is 3.02. The molecule has 0 aliphatic carbocycles. The van der Waals surface area contributed by atoms with E-state index in [0.717, 1.165) is 5.19 Å². The lowest BCUT2D eigenvalue weighted by Gasteiger charge is -2.10. The Morgan fingerprint density at radius 3 is 2.18 bits per heavy atom. The Hall–Kier alpha value is -0.243. The fraction of sp³-hybridized carbons (Fsp3) is 0. The first-order chi connectivity index (χ1) is 5.17. The molecule has 1 aromatic carbocycles. The van der Waals surface area contributed by atoms with Gasteiger partial charge < -0.3 is 0 Å². The average Bonchev–Trinajstić information content (AvgIpc) is 2.06. The van der Waals surface area contributed by atoms with Crippen LogP contribution in [-0.2, 0) is 0 Å². The molecule has 11 heavy (non-hydrogen) atoms. The molecule has 0 amide bonds. The van der Waals surface area contributed by atoms with Crippen molar-refractivity contribution in [2.45, 2.75) is 0 Å². The predicted molar refractivity (Wildman–Crippen MR) is 53.7 cm³/mol. The zero-order valence-corrected chi connectivity index (χ0v) is 8.44. The Bertz CT molecular complexity index is 244. The number of benzene rings is 1. The van der Waals surface area contributed by atoms with E-state index in [1.165, 1.54) is 0 Å². The third-order valence-corrected chi connectivity index (χ3v) is 5.27. The lowest BCUT2D eigenvalue weighted by Crippen LogP contribution is -2.33. The van der Waals surface area contributed by atoms with Gasteiger partial charge in [-0.15, -0.1) is 28.7 Å². The standard InChI is InChI=1S/C8H8Cl2Si/c1-2-11(9,10)8-6-4-3-5-7-8/h2-7H,1H2. The molecular weight excluding hydrogens is 195 g/mol. The van der Waals surface area contributed by atoms with E-state index >= 15 is 0 Å². The quantitative estimate of drug-likeness (QED) is 0.511. The molecule has 0 bridgehead atoms. The normalized spacial score (nSPS) is 11.1. The van der Waals surface area contributed by atoms with Gasteiger partial charge >= 0.3 is 6.69 Å². The molecule has 0 radical (unpaired) electrons. The molecule has 0 atom stereocenters. The first-order valence-corrected chi connectivity index (χ1v) is 7.34. The average molecular weight is 203 g/mol. The van der Waals surface area contributed by atoms with Crippen molar-refractivity contribution in [2.75, 3.05) is 0 Å². The summed E-state index contributed by atoms with van der Waals surface area (Å²) >= 11 is 12.1. The molecule has 0 heterocycles. The van der Waals surface area contributed by atoms with E-state index < -0.39 is 6.69 Å². The van der Waals surface area contributed by atoms with Crippen LogP contribution in [0.25, 0.3) is 0 Å². The van der Waals surface area contributed by atoms with E-state index in [0.29, 0.717) is 0 Å². The summed E-state index contributed by atoms with van der Waals surface area (Å²) in [7, 11) is 0. The highest BCUT2D eigenvalue weighted by molar-refractivity contribution is 7.53. The van der Waals surface area contributed by atoms with Crippen LogP contribution >= 0.6 is 22.2 Å². The van der Waals surface area contributed by atoms with Crippen LogP contribution in [0, 0.1) is 0 Å². The van der Waals surface area contributed by atoms with Gasteiger partial charge in [0.2, 0.25) is 0 Å². The van der Waals surface area contributed by atoms with Crippen molar-refractivity contribution in [3.8, 4) is 0 Å². The van der Waals surface area contributed by atoms with Crippen molar-refractivity contribution in [1.82, 2.24) is 0 Å². The maximum absolute atomic E-state index is 6.03. The van der Waals surface area contributed by atoms with Crippen molar-refractivity contribution in [3.05, 3.63) is 42.6 Å². The van der Waals surface area contributed by atoms with Crippen molar-refractivity contribution in [1.29, 1.82) is 0 Å². The van der Waals surface area contributed by atoms with Crippen molar-refractivity contribution in [3.63, 3.8) is 0 Å². The minimum absolute atomic E-state index is 0.985. The van der Waals surface area contributed by atoms with E-state index in [1.54, 1.807) is 5.70 Å². The molecule has 0 saturated heterocycles. The fourth-order valence-electron chi connectivity index (χ4n) is 0.778. The first kappa shape index (κ1) is 8.85. The van der Waals surface area contributed by atoms with Gasteiger partial charge in [0.15, 0.2) is 0 Å². The molecule has 58 valence electrons. The maximum atomic E-state index is 6.03. The maximum Gasteiger partial charge on any atom is 0.302 e. The molecule has 0 spiro atoms. The number of hydrogen-bond donors (Lipinski definition) is 0. The first-order valence-electron chi connectivity index (χ1n) is 3.24. The number of halogens is 2. The largest absolute Gasteiger partial charge is 0.302 e. The fourth-order valence-corrected chi connectivity index (χ4v) is 2.41. The predicted octanol–water partition coefficient (Wildman–Crippen LogP) is 2.54. The molecule has 1 rings (SSSR count). The van der Waals surface area contributed by atoms with Gasteiger partial charge in [0, 0.05) is 0 Å². The highest BCUT2D eigenvalue weighted by Gasteiger charge is 2.25. The van der Waals surface area contributed by atoms with Gasteiger partial charge in [-0.05, 0) is 5.19 Å². The van der Waals surface area contributed by atoms with E-state index in [4.69, 9.17) is 22.2 Å². The Labute approximate surface area is 76.9 Å². The van der Waals surface area contributed by atoms with Crippen molar-refractivity contribution >= 4 is 34.0 Å². The molecule has 0 unspecified atom stereocenters. The second-order valence-corrected chi connectivity index (χ2v) is 8.58. The molecule has 0 saturated carbocycles. The zero-order chi connectivity index (χ0) is 8.32. The Kier molecular flexibility index (Phi) is 2.76. The summed E-state index contributed by atoms with van der Waals surface area (Å²) in [6.07, 6.45) is 0. The topological polar surface area (TPSA) is 0 Å². The van der Waals surface area contributed by atoms with Gasteiger partial charge in [-0.2, -0.15) is 0 Å². The van der Waals surface area contributed by atoms with Crippen LogP contribution in [0.1, 0.15) is 0 Å². The van der Waals surface area contributed by atoms with E-state index in [2.05, 4.69) is 6.58 Å². The van der Waals surface area contributed by atoms with Gasteiger partial charge in [-0.1, -0.05) is 36.0 Å². The lowest BCUT2D eigenvalue weighted by molar-refractivity contribution is 1.76.